The molecule has 102 valence electrons. The highest BCUT2D eigenvalue weighted by Crippen LogP contribution is 2.20. The lowest BCUT2D eigenvalue weighted by molar-refractivity contribution is 0.105. The number of halogens is 1. The first kappa shape index (κ1) is 14.0. The van der Waals surface area contributed by atoms with Crippen molar-refractivity contribution in [2.75, 3.05) is 14.1 Å². The Hall–Kier alpha value is -2.42. The summed E-state index contributed by atoms with van der Waals surface area (Å²) in [4.78, 5) is 14.4. The molecule has 0 radical (unpaired) electrons. The highest BCUT2D eigenvalue weighted by atomic mass is 19.1. The number of nitrogens with zero attached hydrogens (tertiary/aromatic N) is 1. The summed E-state index contributed by atoms with van der Waals surface area (Å²) < 4.78 is 13.0. The number of allylic oxidation sites excluding steroid dienone is 1. The van der Waals surface area contributed by atoms with Crippen LogP contribution in [0.25, 0.3) is 5.57 Å². The summed E-state index contributed by atoms with van der Waals surface area (Å²) >= 11 is 0. The van der Waals surface area contributed by atoms with E-state index < -0.39 is 0 Å². The van der Waals surface area contributed by atoms with Crippen LogP contribution in [0.3, 0.4) is 0 Å². The molecule has 2 aromatic carbocycles. The molecule has 0 heterocycles. The zero-order chi connectivity index (χ0) is 14.5. The summed E-state index contributed by atoms with van der Waals surface area (Å²) in [6, 6.07) is 15.0. The van der Waals surface area contributed by atoms with Crippen molar-refractivity contribution in [3.63, 3.8) is 0 Å². The topological polar surface area (TPSA) is 20.3 Å². The average molecular weight is 269 g/mol. The molecule has 3 heteroatoms. The summed E-state index contributed by atoms with van der Waals surface area (Å²) in [6.45, 7) is 0. The van der Waals surface area contributed by atoms with Crippen LogP contribution in [-0.4, -0.2) is 24.8 Å². The minimum Gasteiger partial charge on any atom is -0.383 e. The second-order valence-corrected chi connectivity index (χ2v) is 4.71. The fourth-order valence-corrected chi connectivity index (χ4v) is 1.90. The van der Waals surface area contributed by atoms with Gasteiger partial charge in [0.2, 0.25) is 0 Å². The molecule has 2 nitrogen and oxygen atoms in total. The van der Waals surface area contributed by atoms with E-state index in [9.17, 15) is 9.18 Å². The van der Waals surface area contributed by atoms with Crippen LogP contribution in [0, 0.1) is 5.82 Å². The van der Waals surface area contributed by atoms with Gasteiger partial charge in [0.25, 0.3) is 0 Å². The molecule has 0 aliphatic carbocycles. The fourth-order valence-electron chi connectivity index (χ4n) is 1.90. The second kappa shape index (κ2) is 6.15. The quantitative estimate of drug-likeness (QED) is 0.624. The predicted molar refractivity (Wildman–Crippen MR) is 78.8 cm³/mol. The van der Waals surface area contributed by atoms with Crippen LogP contribution in [-0.2, 0) is 0 Å². The Kier molecular flexibility index (Phi) is 4.31. The highest BCUT2D eigenvalue weighted by molar-refractivity contribution is 6.28. The number of rotatable bonds is 4. The van der Waals surface area contributed by atoms with Gasteiger partial charge in [0.1, 0.15) is 5.82 Å². The van der Waals surface area contributed by atoms with Gasteiger partial charge < -0.3 is 4.90 Å². The van der Waals surface area contributed by atoms with E-state index in [0.717, 1.165) is 0 Å². The van der Waals surface area contributed by atoms with Crippen LogP contribution < -0.4 is 0 Å². The van der Waals surface area contributed by atoms with Gasteiger partial charge in [-0.15, -0.1) is 0 Å². The van der Waals surface area contributed by atoms with E-state index in [4.69, 9.17) is 0 Å². The lowest BCUT2D eigenvalue weighted by Gasteiger charge is -2.12. The van der Waals surface area contributed by atoms with Crippen LogP contribution in [0.1, 0.15) is 15.9 Å². The summed E-state index contributed by atoms with van der Waals surface area (Å²) in [5.74, 6) is -0.393. The number of ketones is 1. The van der Waals surface area contributed by atoms with Gasteiger partial charge in [-0.05, 0) is 17.7 Å². The van der Waals surface area contributed by atoms with Gasteiger partial charge in [0.05, 0.1) is 0 Å². The van der Waals surface area contributed by atoms with Crippen LogP contribution in [0.5, 0.6) is 0 Å². The van der Waals surface area contributed by atoms with Crippen LogP contribution in [0.4, 0.5) is 4.39 Å². The molecule has 0 bridgehead atoms. The minimum absolute atomic E-state index is 0.0779. The third kappa shape index (κ3) is 3.32. The molecular weight excluding hydrogens is 253 g/mol. The smallest absolute Gasteiger partial charge is 0.195 e. The lowest BCUT2D eigenvalue weighted by Crippen LogP contribution is -2.09. The Bertz CT molecular complexity index is 615. The third-order valence-corrected chi connectivity index (χ3v) is 2.82. The Morgan fingerprint density at radius 1 is 0.950 bits per heavy atom. The van der Waals surface area contributed by atoms with Gasteiger partial charge in [-0.1, -0.05) is 42.5 Å². The number of carbonyl (C=O) groups excluding carboxylic acids is 1. The number of carbonyl (C=O) groups is 1. The summed E-state index contributed by atoms with van der Waals surface area (Å²) in [5, 5.41) is 0. The first-order chi connectivity index (χ1) is 9.58. The molecule has 0 aliphatic heterocycles. The van der Waals surface area contributed by atoms with Gasteiger partial charge in [-0.25, -0.2) is 4.39 Å². The van der Waals surface area contributed by atoms with Gasteiger partial charge in [0.15, 0.2) is 5.78 Å². The highest BCUT2D eigenvalue weighted by Gasteiger charge is 2.14. The lowest BCUT2D eigenvalue weighted by atomic mass is 9.97. The zero-order valence-electron chi connectivity index (χ0n) is 11.5. The van der Waals surface area contributed by atoms with Crippen molar-refractivity contribution in [1.82, 2.24) is 4.90 Å². The summed E-state index contributed by atoms with van der Waals surface area (Å²) in [7, 11) is 3.70. The van der Waals surface area contributed by atoms with Gasteiger partial charge >= 0.3 is 0 Å². The first-order valence-corrected chi connectivity index (χ1v) is 6.32. The number of hydrogen-bond acceptors (Lipinski definition) is 2. The Labute approximate surface area is 118 Å². The maximum atomic E-state index is 13.0. The third-order valence-electron chi connectivity index (χ3n) is 2.82. The molecule has 0 saturated carbocycles. The van der Waals surface area contributed by atoms with Crippen LogP contribution in [0.2, 0.25) is 0 Å². The maximum Gasteiger partial charge on any atom is 0.195 e. The molecule has 0 aliphatic rings. The summed E-state index contributed by atoms with van der Waals surface area (Å²) in [6.07, 6.45) is 1.75. The van der Waals surface area contributed by atoms with E-state index in [2.05, 4.69) is 0 Å². The van der Waals surface area contributed by atoms with Crippen molar-refractivity contribution < 1.29 is 9.18 Å². The first-order valence-electron chi connectivity index (χ1n) is 6.32. The van der Waals surface area contributed by atoms with E-state index >= 15 is 0 Å². The second-order valence-electron chi connectivity index (χ2n) is 4.71. The molecule has 2 rings (SSSR count). The maximum absolute atomic E-state index is 13.0. The van der Waals surface area contributed by atoms with E-state index in [1.54, 1.807) is 35.4 Å². The Morgan fingerprint density at radius 2 is 1.55 bits per heavy atom. The van der Waals surface area contributed by atoms with Crippen molar-refractivity contribution in [2.24, 2.45) is 0 Å². The Balaban J connectivity index is 2.44. The molecule has 0 fully saturated rings. The number of benzene rings is 2. The van der Waals surface area contributed by atoms with Gasteiger partial charge in [0, 0.05) is 31.4 Å². The van der Waals surface area contributed by atoms with E-state index in [-0.39, 0.29) is 11.6 Å². The monoisotopic (exact) mass is 269 g/mol. The minimum atomic E-state index is -0.315. The molecule has 0 spiro atoms. The fraction of sp³-hybridized carbons (Fsp3) is 0.118. The molecule has 0 saturated heterocycles. The molecule has 2 aromatic rings. The molecule has 20 heavy (non-hydrogen) atoms. The average Bonchev–Trinajstić information content (AvgIpc) is 2.46. The molecule has 0 atom stereocenters. The largest absolute Gasteiger partial charge is 0.383 e. The molecule has 0 aromatic heterocycles. The Morgan fingerprint density at radius 3 is 2.10 bits per heavy atom. The van der Waals surface area contributed by atoms with Crippen LogP contribution >= 0.6 is 0 Å². The van der Waals surface area contributed by atoms with E-state index in [1.807, 2.05) is 32.3 Å². The molecule has 0 N–H and O–H groups in total. The zero-order valence-corrected chi connectivity index (χ0v) is 11.5. The van der Waals surface area contributed by atoms with Crippen molar-refractivity contribution in [1.29, 1.82) is 0 Å². The number of hydrogen-bond donors (Lipinski definition) is 0. The predicted octanol–water partition coefficient (Wildman–Crippen LogP) is 3.61. The molecular formula is C17H16FNO. The molecule has 0 unspecified atom stereocenters. The standard InChI is InChI=1S/C17H16FNO/c1-19(2)12-16(13-8-10-15(18)11-9-13)17(20)14-6-4-3-5-7-14/h3-12H,1-2H3/b16-12+. The molecule has 0 amide bonds. The van der Waals surface area contributed by atoms with Gasteiger partial charge in [-0.3, -0.25) is 4.79 Å². The van der Waals surface area contributed by atoms with Crippen molar-refractivity contribution in [2.45, 2.75) is 0 Å². The van der Waals surface area contributed by atoms with Crippen molar-refractivity contribution in [3.8, 4) is 0 Å². The van der Waals surface area contributed by atoms with Gasteiger partial charge in [-0.2, -0.15) is 0 Å². The van der Waals surface area contributed by atoms with Crippen LogP contribution in [0.15, 0.2) is 60.8 Å². The van der Waals surface area contributed by atoms with E-state index in [1.165, 1.54) is 12.1 Å². The summed E-state index contributed by atoms with van der Waals surface area (Å²) in [5.41, 5.74) is 1.86. The number of Topliss-reactive ketones (excluding diaryl/α,β-unsaturated/α-hetero) is 1. The SMILES string of the molecule is CN(C)/C=C(/C(=O)c1ccccc1)c1ccc(F)cc1. The van der Waals surface area contributed by atoms with Crippen molar-refractivity contribution in [3.05, 3.63) is 77.7 Å². The van der Waals surface area contributed by atoms with E-state index in [0.29, 0.717) is 16.7 Å². The normalized spacial score (nSPS) is 11.2. The van der Waals surface area contributed by atoms with Crippen molar-refractivity contribution >= 4 is 11.4 Å².